The Kier molecular flexibility index (Phi) is 9.10. The second-order valence-electron chi connectivity index (χ2n) is 7.33. The molecule has 1 N–H and O–H groups in total. The van der Waals surface area contributed by atoms with Crippen molar-refractivity contribution in [3.8, 4) is 0 Å². The monoisotopic (exact) mass is 473 g/mol. The van der Waals surface area contributed by atoms with Gasteiger partial charge in [-0.1, -0.05) is 32.1 Å². The molecule has 0 saturated carbocycles. The molecular weight excluding hydrogens is 449 g/mol. The van der Waals surface area contributed by atoms with Crippen molar-refractivity contribution in [1.29, 1.82) is 0 Å². The second kappa shape index (κ2) is 11.3. The molecule has 2 amide bonds. The Bertz CT molecular complexity index is 910. The summed E-state index contributed by atoms with van der Waals surface area (Å²) in [6.07, 6.45) is 0.987. The Balaban J connectivity index is 2.07. The summed E-state index contributed by atoms with van der Waals surface area (Å²) in [6.45, 7) is 4.24. The van der Waals surface area contributed by atoms with Gasteiger partial charge in [-0.2, -0.15) is 13.2 Å². The van der Waals surface area contributed by atoms with Crippen molar-refractivity contribution < 1.29 is 31.5 Å². The van der Waals surface area contributed by atoms with Gasteiger partial charge in [0.2, 0.25) is 0 Å². The molecule has 32 heavy (non-hydrogen) atoms. The van der Waals surface area contributed by atoms with Gasteiger partial charge in [0.15, 0.2) is 5.69 Å². The molecule has 2 rings (SSSR count). The molecule has 1 unspecified atom stereocenters. The number of allylic oxidation sites excluding steroid dienone is 1. The van der Waals surface area contributed by atoms with Crippen molar-refractivity contribution in [2.75, 3.05) is 32.7 Å². The minimum absolute atomic E-state index is 0.0216. The number of rotatable bonds is 7. The molecule has 1 aliphatic rings. The number of hydrogen-bond donors (Lipinski definition) is 1. The van der Waals surface area contributed by atoms with E-state index in [2.05, 4.69) is 9.71 Å². The van der Waals surface area contributed by atoms with Crippen molar-refractivity contribution in [1.82, 2.24) is 19.5 Å². The molecule has 1 saturated heterocycles. The molecule has 1 aliphatic heterocycles. The Morgan fingerprint density at radius 3 is 2.44 bits per heavy atom. The first-order valence-corrected chi connectivity index (χ1v) is 10.9. The molecule has 0 bridgehead atoms. The molecule has 1 aromatic heterocycles. The lowest BCUT2D eigenvalue weighted by atomic mass is 10.1. The molecule has 0 spiro atoms. The number of carbonyl (C=O) groups excluding carboxylic acids is 2. The van der Waals surface area contributed by atoms with Gasteiger partial charge in [-0.05, 0) is 18.1 Å². The number of hydrogen-bond acceptors (Lipinski definition) is 5. The lowest BCUT2D eigenvalue weighted by molar-refractivity contribution is -0.141. The predicted molar refractivity (Wildman–Crippen MR) is 111 cm³/mol. The molecule has 12 heteroatoms. The van der Waals surface area contributed by atoms with Crippen LogP contribution in [0.2, 0.25) is 0 Å². The number of piperazine rings is 1. The van der Waals surface area contributed by atoms with E-state index in [0.717, 1.165) is 12.3 Å². The fraction of sp³-hybridized carbons (Fsp3) is 0.450. The molecule has 0 radical (unpaired) electrons. The number of pyridine rings is 1. The van der Waals surface area contributed by atoms with Crippen molar-refractivity contribution in [3.63, 3.8) is 0 Å². The fourth-order valence-corrected chi connectivity index (χ4v) is 3.36. The van der Waals surface area contributed by atoms with Crippen molar-refractivity contribution in [2.24, 2.45) is 5.92 Å². The van der Waals surface area contributed by atoms with E-state index in [1.165, 1.54) is 28.0 Å². The van der Waals surface area contributed by atoms with E-state index in [4.69, 9.17) is 0 Å². The topological polar surface area (TPSA) is 106 Å². The molecule has 0 aliphatic carbocycles. The van der Waals surface area contributed by atoms with Gasteiger partial charge in [-0.15, -0.1) is 0 Å². The number of halogens is 3. The van der Waals surface area contributed by atoms with Gasteiger partial charge in [-0.25, -0.2) is 4.72 Å². The number of nitrogens with one attached hydrogen (secondary N) is 1. The standard InChI is InChI=1S/C20H25F3N4O4S/c1-14(2)13-15(5-3-8-25-32(30)31)18(28)26-9-11-27(12-10-26)19(29)16-6-4-7-24-17(16)20(21,22)23/h3-7,13-14,25H,8-12H2,1-2H3,(H,30,31)/p-1/b5-3-,15-13+. The average Bonchev–Trinajstić information content (AvgIpc) is 2.74. The highest BCUT2D eigenvalue weighted by Gasteiger charge is 2.38. The number of nitrogens with zero attached hydrogens (tertiary/aromatic N) is 3. The van der Waals surface area contributed by atoms with E-state index in [9.17, 15) is 31.5 Å². The molecule has 1 aromatic rings. The van der Waals surface area contributed by atoms with Crippen LogP contribution < -0.4 is 4.72 Å². The van der Waals surface area contributed by atoms with Crippen LogP contribution in [0.15, 0.2) is 42.1 Å². The minimum Gasteiger partial charge on any atom is -0.760 e. The SMILES string of the molecule is CC(C)/C=C(\C=C/CNS(=O)[O-])C(=O)N1CCN(C(=O)c2cccnc2C(F)(F)F)CC1. The first-order chi connectivity index (χ1) is 15.0. The number of alkyl halides is 3. The maximum absolute atomic E-state index is 13.2. The van der Waals surface area contributed by atoms with Crippen molar-refractivity contribution >= 4 is 23.1 Å². The van der Waals surface area contributed by atoms with Gasteiger partial charge in [0.1, 0.15) is 0 Å². The van der Waals surface area contributed by atoms with E-state index >= 15 is 0 Å². The van der Waals surface area contributed by atoms with Crippen LogP contribution in [-0.2, 0) is 22.2 Å². The van der Waals surface area contributed by atoms with Crippen molar-refractivity contribution in [3.05, 3.63) is 53.4 Å². The summed E-state index contributed by atoms with van der Waals surface area (Å²) in [5.74, 6) is -1.04. The van der Waals surface area contributed by atoms with E-state index < -0.39 is 34.6 Å². The third-order valence-corrected chi connectivity index (χ3v) is 4.94. The Morgan fingerprint density at radius 1 is 1.25 bits per heavy atom. The van der Waals surface area contributed by atoms with Gasteiger partial charge in [0.05, 0.1) is 5.56 Å². The van der Waals surface area contributed by atoms with Crippen LogP contribution in [0.4, 0.5) is 13.2 Å². The highest BCUT2D eigenvalue weighted by Crippen LogP contribution is 2.30. The lowest BCUT2D eigenvalue weighted by Crippen LogP contribution is -2.51. The molecular formula is C20H24F3N4O4S-. The van der Waals surface area contributed by atoms with Crippen molar-refractivity contribution in [2.45, 2.75) is 20.0 Å². The molecule has 2 heterocycles. The largest absolute Gasteiger partial charge is 0.760 e. The molecule has 176 valence electrons. The summed E-state index contributed by atoms with van der Waals surface area (Å²) >= 11 is -2.42. The molecule has 8 nitrogen and oxygen atoms in total. The summed E-state index contributed by atoms with van der Waals surface area (Å²) in [6, 6.07) is 2.36. The van der Waals surface area contributed by atoms with Crippen LogP contribution in [0.3, 0.4) is 0 Å². The van der Waals surface area contributed by atoms with E-state index in [1.807, 2.05) is 13.8 Å². The third-order valence-electron chi connectivity index (χ3n) is 4.54. The fourth-order valence-electron chi connectivity index (χ4n) is 3.13. The van der Waals surface area contributed by atoms with Crippen LogP contribution in [0.5, 0.6) is 0 Å². The maximum atomic E-state index is 13.2. The summed E-state index contributed by atoms with van der Waals surface area (Å²) in [5, 5.41) is 0. The Morgan fingerprint density at radius 2 is 1.88 bits per heavy atom. The highest BCUT2D eigenvalue weighted by atomic mass is 32.2. The van der Waals surface area contributed by atoms with Crippen LogP contribution >= 0.6 is 0 Å². The van der Waals surface area contributed by atoms with Crippen LogP contribution in [0.25, 0.3) is 0 Å². The number of aromatic nitrogens is 1. The zero-order valence-electron chi connectivity index (χ0n) is 17.6. The van der Waals surface area contributed by atoms with Gasteiger partial charge in [0, 0.05) is 55.8 Å². The Hall–Kier alpha value is -2.57. The smallest absolute Gasteiger partial charge is 0.434 e. The number of carbonyl (C=O) groups is 2. The first-order valence-electron chi connectivity index (χ1n) is 9.82. The second-order valence-corrected chi connectivity index (χ2v) is 8.09. The summed E-state index contributed by atoms with van der Waals surface area (Å²) in [7, 11) is 0. The quantitative estimate of drug-likeness (QED) is 0.370. The molecule has 1 atom stereocenters. The maximum Gasteiger partial charge on any atom is 0.434 e. The first kappa shape index (κ1) is 25.7. The van der Waals surface area contributed by atoms with Gasteiger partial charge >= 0.3 is 6.18 Å². The zero-order chi connectivity index (χ0) is 23.9. The minimum atomic E-state index is -4.75. The van der Waals surface area contributed by atoms with E-state index in [-0.39, 0.29) is 44.5 Å². The third kappa shape index (κ3) is 7.24. The van der Waals surface area contributed by atoms with Gasteiger partial charge in [-0.3, -0.25) is 18.8 Å². The summed E-state index contributed by atoms with van der Waals surface area (Å²) < 4.78 is 62.8. The van der Waals surface area contributed by atoms with Gasteiger partial charge < -0.3 is 14.4 Å². The molecule has 0 aromatic carbocycles. The summed E-state index contributed by atoms with van der Waals surface area (Å²) in [4.78, 5) is 31.6. The summed E-state index contributed by atoms with van der Waals surface area (Å²) in [5.41, 5.74) is -1.39. The zero-order valence-corrected chi connectivity index (χ0v) is 18.4. The number of amides is 2. The van der Waals surface area contributed by atoms with E-state index in [0.29, 0.717) is 5.57 Å². The highest BCUT2D eigenvalue weighted by molar-refractivity contribution is 7.77. The molecule has 1 fully saturated rings. The normalized spacial score (nSPS) is 16.7. The van der Waals surface area contributed by atoms with E-state index in [1.54, 1.807) is 6.08 Å². The Labute approximate surface area is 186 Å². The lowest BCUT2D eigenvalue weighted by Gasteiger charge is -2.35. The van der Waals surface area contributed by atoms with Gasteiger partial charge in [0.25, 0.3) is 11.8 Å². The van der Waals surface area contributed by atoms with Crippen LogP contribution in [-0.4, -0.2) is 68.1 Å². The van der Waals surface area contributed by atoms with Crippen LogP contribution in [0.1, 0.15) is 29.9 Å². The predicted octanol–water partition coefficient (Wildman–Crippen LogP) is 1.91. The average molecular weight is 473 g/mol. The van der Waals surface area contributed by atoms with Crippen LogP contribution in [0, 0.1) is 5.92 Å².